The van der Waals surface area contributed by atoms with Crippen molar-refractivity contribution in [2.75, 3.05) is 5.75 Å². The van der Waals surface area contributed by atoms with Gasteiger partial charge in [0.1, 0.15) is 0 Å². The van der Waals surface area contributed by atoms with E-state index in [0.29, 0.717) is 0 Å². The fourth-order valence-corrected chi connectivity index (χ4v) is 1.57. The predicted octanol–water partition coefficient (Wildman–Crippen LogP) is 2.84. The van der Waals surface area contributed by atoms with E-state index < -0.39 is 0 Å². The molecule has 1 aliphatic rings. The van der Waals surface area contributed by atoms with E-state index in [9.17, 15) is 0 Å². The summed E-state index contributed by atoms with van der Waals surface area (Å²) in [6.45, 7) is 2.16. The average Bonchev–Trinajstić information content (AvgIpc) is 2.17. The van der Waals surface area contributed by atoms with E-state index in [1.54, 1.807) is 0 Å². The van der Waals surface area contributed by atoms with Crippen LogP contribution in [-0.2, 0) is 0 Å². The molecular formula is C8H13NS. The third-order valence-corrected chi connectivity index (χ3v) is 2.22. The molecule has 10 heavy (non-hydrogen) atoms. The highest BCUT2D eigenvalue weighted by atomic mass is 32.2. The van der Waals surface area contributed by atoms with Gasteiger partial charge in [-0.25, -0.2) is 0 Å². The van der Waals surface area contributed by atoms with Crippen LogP contribution in [0.4, 0.5) is 0 Å². The smallest absolute Gasteiger partial charge is 0.0915 e. The van der Waals surface area contributed by atoms with Crippen molar-refractivity contribution < 1.29 is 0 Å². The van der Waals surface area contributed by atoms with Crippen LogP contribution < -0.4 is 0 Å². The zero-order valence-electron chi connectivity index (χ0n) is 6.34. The van der Waals surface area contributed by atoms with Crippen molar-refractivity contribution in [2.45, 2.75) is 26.2 Å². The fourth-order valence-electron chi connectivity index (χ4n) is 0.886. The normalized spacial score (nSPS) is 18.3. The van der Waals surface area contributed by atoms with Gasteiger partial charge in [0.25, 0.3) is 0 Å². The Labute approximate surface area is 66.6 Å². The summed E-state index contributed by atoms with van der Waals surface area (Å²) < 4.78 is 0. The first-order valence-electron chi connectivity index (χ1n) is 3.79. The van der Waals surface area contributed by atoms with Gasteiger partial charge in [-0.3, -0.25) is 4.99 Å². The van der Waals surface area contributed by atoms with Crippen LogP contribution in [0.3, 0.4) is 0 Å². The van der Waals surface area contributed by atoms with Crippen molar-refractivity contribution >= 4 is 18.0 Å². The minimum absolute atomic E-state index is 1.13. The quantitative estimate of drug-likeness (QED) is 0.597. The Morgan fingerprint density at radius 1 is 1.60 bits per heavy atom. The van der Waals surface area contributed by atoms with E-state index in [1.807, 2.05) is 18.0 Å². The standard InChI is InChI=1S/C8H13NS/c1-2-10-8-6-4-3-5-7-9-8/h6-7H,2-5H2,1H3. The molecule has 1 aliphatic heterocycles. The van der Waals surface area contributed by atoms with Gasteiger partial charge in [-0.1, -0.05) is 13.0 Å². The van der Waals surface area contributed by atoms with E-state index in [2.05, 4.69) is 18.0 Å². The molecule has 0 saturated carbocycles. The molecule has 0 N–H and O–H groups in total. The van der Waals surface area contributed by atoms with Gasteiger partial charge in [0, 0.05) is 6.21 Å². The molecule has 1 rings (SSSR count). The highest BCUT2D eigenvalue weighted by Crippen LogP contribution is 2.19. The lowest BCUT2D eigenvalue weighted by Crippen LogP contribution is -1.72. The molecule has 1 heterocycles. The molecule has 0 amide bonds. The van der Waals surface area contributed by atoms with Gasteiger partial charge in [0.05, 0.1) is 5.03 Å². The number of rotatable bonds is 2. The SMILES string of the molecule is CCSC1=CCCCC=N1. The zero-order valence-corrected chi connectivity index (χ0v) is 7.16. The first kappa shape index (κ1) is 7.86. The van der Waals surface area contributed by atoms with Gasteiger partial charge in [-0.15, -0.1) is 11.8 Å². The second kappa shape index (κ2) is 4.56. The van der Waals surface area contributed by atoms with Crippen LogP contribution in [-0.4, -0.2) is 12.0 Å². The highest BCUT2D eigenvalue weighted by molar-refractivity contribution is 8.03. The summed E-state index contributed by atoms with van der Waals surface area (Å²) in [6, 6.07) is 0. The third-order valence-electron chi connectivity index (χ3n) is 1.37. The first-order valence-corrected chi connectivity index (χ1v) is 4.77. The van der Waals surface area contributed by atoms with E-state index >= 15 is 0 Å². The fraction of sp³-hybridized carbons (Fsp3) is 0.625. The maximum atomic E-state index is 4.31. The van der Waals surface area contributed by atoms with Crippen LogP contribution in [0.5, 0.6) is 0 Å². The molecular weight excluding hydrogens is 142 g/mol. The molecule has 0 fully saturated rings. The summed E-state index contributed by atoms with van der Waals surface area (Å²) in [5.74, 6) is 1.13. The minimum atomic E-state index is 1.13. The van der Waals surface area contributed by atoms with Crippen LogP contribution in [0.2, 0.25) is 0 Å². The maximum Gasteiger partial charge on any atom is 0.0915 e. The van der Waals surface area contributed by atoms with Crippen LogP contribution in [0.1, 0.15) is 26.2 Å². The molecule has 0 saturated heterocycles. The second-order valence-electron chi connectivity index (χ2n) is 2.22. The van der Waals surface area contributed by atoms with E-state index in [1.165, 1.54) is 17.9 Å². The number of allylic oxidation sites excluding steroid dienone is 1. The van der Waals surface area contributed by atoms with Gasteiger partial charge >= 0.3 is 0 Å². The molecule has 0 aromatic heterocycles. The molecule has 0 aromatic rings. The van der Waals surface area contributed by atoms with E-state index in [-0.39, 0.29) is 0 Å². The number of hydrogen-bond donors (Lipinski definition) is 0. The van der Waals surface area contributed by atoms with E-state index in [0.717, 1.165) is 12.2 Å². The summed E-state index contributed by atoms with van der Waals surface area (Å²) in [7, 11) is 0. The van der Waals surface area contributed by atoms with Crippen molar-refractivity contribution in [1.29, 1.82) is 0 Å². The monoisotopic (exact) mass is 155 g/mol. The predicted molar refractivity (Wildman–Crippen MR) is 48.6 cm³/mol. The third kappa shape index (κ3) is 2.56. The summed E-state index contributed by atoms with van der Waals surface area (Å²) in [6.07, 6.45) is 7.86. The lowest BCUT2D eigenvalue weighted by molar-refractivity contribution is 0.911. The van der Waals surface area contributed by atoms with Gasteiger partial charge in [0.2, 0.25) is 0 Å². The Kier molecular flexibility index (Phi) is 3.58. The van der Waals surface area contributed by atoms with Crippen molar-refractivity contribution in [3.05, 3.63) is 11.1 Å². The second-order valence-corrected chi connectivity index (χ2v) is 3.50. The molecule has 1 nitrogen and oxygen atoms in total. The Bertz CT molecular complexity index is 149. The molecule has 0 atom stereocenters. The largest absolute Gasteiger partial charge is 0.255 e. The number of nitrogens with zero attached hydrogens (tertiary/aromatic N) is 1. The van der Waals surface area contributed by atoms with Crippen LogP contribution >= 0.6 is 11.8 Å². The molecule has 2 heteroatoms. The van der Waals surface area contributed by atoms with Gasteiger partial charge in [-0.2, -0.15) is 0 Å². The molecule has 0 unspecified atom stereocenters. The van der Waals surface area contributed by atoms with Gasteiger partial charge in [-0.05, 0) is 25.0 Å². The molecule has 0 aliphatic carbocycles. The van der Waals surface area contributed by atoms with Crippen LogP contribution in [0.25, 0.3) is 0 Å². The molecule has 56 valence electrons. The topological polar surface area (TPSA) is 12.4 Å². The average molecular weight is 155 g/mol. The van der Waals surface area contributed by atoms with Crippen molar-refractivity contribution in [2.24, 2.45) is 4.99 Å². The molecule has 0 spiro atoms. The highest BCUT2D eigenvalue weighted by Gasteiger charge is 1.95. The van der Waals surface area contributed by atoms with Crippen molar-refractivity contribution in [3.8, 4) is 0 Å². The lowest BCUT2D eigenvalue weighted by atomic mass is 10.2. The molecule has 0 aromatic carbocycles. The summed E-state index contributed by atoms with van der Waals surface area (Å²) in [5, 5.41) is 1.21. The number of hydrogen-bond acceptors (Lipinski definition) is 2. The number of aliphatic imine (C=N–C) groups is 1. The Morgan fingerprint density at radius 2 is 2.50 bits per heavy atom. The zero-order chi connectivity index (χ0) is 7.23. The minimum Gasteiger partial charge on any atom is -0.255 e. The maximum absolute atomic E-state index is 4.31. The van der Waals surface area contributed by atoms with Crippen LogP contribution in [0, 0.1) is 0 Å². The Balaban J connectivity index is 2.44. The van der Waals surface area contributed by atoms with Crippen molar-refractivity contribution in [1.82, 2.24) is 0 Å². The molecule has 0 radical (unpaired) electrons. The number of thioether (sulfide) groups is 1. The van der Waals surface area contributed by atoms with Crippen molar-refractivity contribution in [3.63, 3.8) is 0 Å². The summed E-state index contributed by atoms with van der Waals surface area (Å²) in [5.41, 5.74) is 0. The first-order chi connectivity index (χ1) is 4.93. The van der Waals surface area contributed by atoms with Crippen LogP contribution in [0.15, 0.2) is 16.1 Å². The summed E-state index contributed by atoms with van der Waals surface area (Å²) >= 11 is 1.83. The Morgan fingerprint density at radius 3 is 3.30 bits per heavy atom. The molecule has 0 bridgehead atoms. The lowest BCUT2D eigenvalue weighted by Gasteiger charge is -1.94. The van der Waals surface area contributed by atoms with Gasteiger partial charge < -0.3 is 0 Å². The Hall–Kier alpha value is -0.240. The van der Waals surface area contributed by atoms with E-state index in [4.69, 9.17) is 0 Å². The van der Waals surface area contributed by atoms with Gasteiger partial charge in [0.15, 0.2) is 0 Å². The summed E-state index contributed by atoms with van der Waals surface area (Å²) in [4.78, 5) is 4.31.